The van der Waals surface area contributed by atoms with Crippen LogP contribution in [0.1, 0.15) is 39.1 Å². The number of imide groups is 1. The molecular weight excluding hydrogens is 312 g/mol. The van der Waals surface area contributed by atoms with Crippen molar-refractivity contribution < 1.29 is 24.3 Å². The maximum Gasteiger partial charge on any atom is 0.335 e. The molecule has 0 bridgehead atoms. The predicted molar refractivity (Wildman–Crippen MR) is 74.5 cm³/mol. The van der Waals surface area contributed by atoms with Gasteiger partial charge in [-0.2, -0.15) is 0 Å². The summed E-state index contributed by atoms with van der Waals surface area (Å²) in [6, 6.07) is 1.85. The highest BCUT2D eigenvalue weighted by Crippen LogP contribution is 2.33. The number of piperidine rings is 1. The average Bonchev–Trinajstić information content (AvgIpc) is 2.76. The van der Waals surface area contributed by atoms with Gasteiger partial charge in [0, 0.05) is 13.0 Å². The molecule has 7 nitrogen and oxygen atoms in total. The number of hydrogen-bond acceptors (Lipinski definition) is 4. The molecule has 0 aliphatic carbocycles. The number of carbonyl (C=O) groups is 4. The molecule has 1 atom stereocenters. The quantitative estimate of drug-likeness (QED) is 0.784. The fraction of sp³-hybridized carbons (Fsp3) is 0.286. The van der Waals surface area contributed by atoms with Gasteiger partial charge in [0.25, 0.3) is 5.91 Å². The van der Waals surface area contributed by atoms with Gasteiger partial charge in [0.1, 0.15) is 6.04 Å². The van der Waals surface area contributed by atoms with Gasteiger partial charge in [-0.25, -0.2) is 4.79 Å². The molecule has 0 saturated carbocycles. The largest absolute Gasteiger partial charge is 0.478 e. The Balaban J connectivity index is 1.94. The van der Waals surface area contributed by atoms with Gasteiger partial charge in [0.05, 0.1) is 16.1 Å². The van der Waals surface area contributed by atoms with E-state index in [1.165, 1.54) is 17.0 Å². The summed E-state index contributed by atoms with van der Waals surface area (Å²) in [4.78, 5) is 47.9. The van der Waals surface area contributed by atoms with E-state index in [0.717, 1.165) is 0 Å². The first kappa shape index (κ1) is 14.5. The van der Waals surface area contributed by atoms with Crippen LogP contribution < -0.4 is 5.32 Å². The molecule has 0 radical (unpaired) electrons. The number of amides is 3. The molecule has 114 valence electrons. The van der Waals surface area contributed by atoms with Crippen molar-refractivity contribution >= 4 is 35.3 Å². The Labute approximate surface area is 129 Å². The smallest absolute Gasteiger partial charge is 0.335 e. The van der Waals surface area contributed by atoms with E-state index >= 15 is 0 Å². The van der Waals surface area contributed by atoms with Crippen LogP contribution in [0.15, 0.2) is 12.1 Å². The summed E-state index contributed by atoms with van der Waals surface area (Å²) in [6.45, 7) is 0.0985. The Bertz CT molecular complexity index is 730. The Kier molecular flexibility index (Phi) is 3.37. The van der Waals surface area contributed by atoms with Crippen molar-refractivity contribution in [2.45, 2.75) is 25.4 Å². The standard InChI is InChI=1S/C14H11ClN2O5/c15-8-4-6(14(21)22)3-7-5-17(13(20)11(7)8)9-1-2-10(18)16-12(9)19/h3-4,9H,1-2,5H2,(H,21,22)(H,16,18,19). The number of carboxylic acid groups (broad SMARTS) is 1. The van der Waals surface area contributed by atoms with E-state index in [9.17, 15) is 19.2 Å². The van der Waals surface area contributed by atoms with Crippen molar-refractivity contribution in [3.63, 3.8) is 0 Å². The summed E-state index contributed by atoms with van der Waals surface area (Å²) in [5.41, 5.74) is 0.678. The molecule has 0 spiro atoms. The Hall–Kier alpha value is -2.41. The number of nitrogens with zero attached hydrogens (tertiary/aromatic N) is 1. The van der Waals surface area contributed by atoms with Crippen LogP contribution in [-0.2, 0) is 16.1 Å². The first-order chi connectivity index (χ1) is 10.4. The number of benzene rings is 1. The number of rotatable bonds is 2. The molecule has 2 N–H and O–H groups in total. The summed E-state index contributed by atoms with van der Waals surface area (Å²) in [5.74, 6) is -2.45. The van der Waals surface area contributed by atoms with Crippen LogP contribution in [-0.4, -0.2) is 39.7 Å². The summed E-state index contributed by atoms with van der Waals surface area (Å²) in [6.07, 6.45) is 0.401. The number of hydrogen-bond donors (Lipinski definition) is 2. The van der Waals surface area contributed by atoms with Crippen molar-refractivity contribution in [2.24, 2.45) is 0 Å². The highest BCUT2D eigenvalue weighted by atomic mass is 35.5. The fourth-order valence-electron chi connectivity index (χ4n) is 2.78. The highest BCUT2D eigenvalue weighted by molar-refractivity contribution is 6.34. The van der Waals surface area contributed by atoms with E-state index < -0.39 is 23.8 Å². The Morgan fingerprint density at radius 1 is 1.32 bits per heavy atom. The molecule has 1 fully saturated rings. The van der Waals surface area contributed by atoms with Crippen LogP contribution >= 0.6 is 11.6 Å². The van der Waals surface area contributed by atoms with Crippen molar-refractivity contribution in [3.05, 3.63) is 33.8 Å². The van der Waals surface area contributed by atoms with E-state index in [0.29, 0.717) is 5.56 Å². The molecule has 0 aromatic heterocycles. The van der Waals surface area contributed by atoms with Crippen LogP contribution in [0, 0.1) is 0 Å². The summed E-state index contributed by atoms with van der Waals surface area (Å²) < 4.78 is 0. The second-order valence-electron chi connectivity index (χ2n) is 5.20. The van der Waals surface area contributed by atoms with Crippen LogP contribution in [0.5, 0.6) is 0 Å². The van der Waals surface area contributed by atoms with E-state index in [2.05, 4.69) is 5.32 Å². The summed E-state index contributed by atoms with van der Waals surface area (Å²) in [7, 11) is 0. The van der Waals surface area contributed by atoms with Gasteiger partial charge in [-0.3, -0.25) is 19.7 Å². The molecular formula is C14H11ClN2O5. The number of nitrogens with one attached hydrogen (secondary N) is 1. The minimum Gasteiger partial charge on any atom is -0.478 e. The molecule has 2 aliphatic heterocycles. The van der Waals surface area contributed by atoms with Gasteiger partial charge in [0.2, 0.25) is 11.8 Å². The first-order valence-electron chi connectivity index (χ1n) is 6.59. The SMILES string of the molecule is O=C1CCC(N2Cc3cc(C(=O)O)cc(Cl)c3C2=O)C(=O)N1. The number of carboxylic acids is 1. The van der Waals surface area contributed by atoms with Crippen molar-refractivity contribution in [2.75, 3.05) is 0 Å². The molecule has 1 aromatic rings. The molecule has 1 aromatic carbocycles. The van der Waals surface area contributed by atoms with E-state index in [-0.39, 0.29) is 41.4 Å². The van der Waals surface area contributed by atoms with Gasteiger partial charge in [-0.15, -0.1) is 0 Å². The first-order valence-corrected chi connectivity index (χ1v) is 6.96. The fourth-order valence-corrected chi connectivity index (χ4v) is 3.10. The van der Waals surface area contributed by atoms with E-state index in [1.807, 2.05) is 0 Å². The third kappa shape index (κ3) is 2.23. The van der Waals surface area contributed by atoms with Gasteiger partial charge < -0.3 is 10.0 Å². The minimum atomic E-state index is -1.14. The topological polar surface area (TPSA) is 104 Å². The zero-order valence-corrected chi connectivity index (χ0v) is 12.0. The number of aromatic carboxylic acids is 1. The Morgan fingerprint density at radius 2 is 2.05 bits per heavy atom. The van der Waals surface area contributed by atoms with Gasteiger partial charge >= 0.3 is 5.97 Å². The maximum atomic E-state index is 12.5. The van der Waals surface area contributed by atoms with Crippen molar-refractivity contribution in [1.82, 2.24) is 10.2 Å². The second-order valence-corrected chi connectivity index (χ2v) is 5.60. The third-order valence-corrected chi connectivity index (χ3v) is 4.12. The van der Waals surface area contributed by atoms with E-state index in [4.69, 9.17) is 16.7 Å². The predicted octanol–water partition coefficient (Wildman–Crippen LogP) is 0.799. The molecule has 3 rings (SSSR count). The maximum absolute atomic E-state index is 12.5. The van der Waals surface area contributed by atoms with Crippen LogP contribution in [0.25, 0.3) is 0 Å². The van der Waals surface area contributed by atoms with Gasteiger partial charge in [0.15, 0.2) is 0 Å². The zero-order chi connectivity index (χ0) is 16.0. The van der Waals surface area contributed by atoms with Crippen LogP contribution in [0.3, 0.4) is 0 Å². The van der Waals surface area contributed by atoms with Crippen LogP contribution in [0.2, 0.25) is 5.02 Å². The lowest BCUT2D eigenvalue weighted by molar-refractivity contribution is -0.136. The van der Waals surface area contributed by atoms with Crippen molar-refractivity contribution in [1.29, 1.82) is 0 Å². The summed E-state index contributed by atoms with van der Waals surface area (Å²) >= 11 is 6.01. The van der Waals surface area contributed by atoms with Crippen LogP contribution in [0.4, 0.5) is 0 Å². The lowest BCUT2D eigenvalue weighted by atomic mass is 10.0. The van der Waals surface area contributed by atoms with E-state index in [1.54, 1.807) is 0 Å². The molecule has 22 heavy (non-hydrogen) atoms. The lowest BCUT2D eigenvalue weighted by Crippen LogP contribution is -2.52. The highest BCUT2D eigenvalue weighted by Gasteiger charge is 2.40. The Morgan fingerprint density at radius 3 is 2.68 bits per heavy atom. The normalized spacial score (nSPS) is 20.9. The zero-order valence-electron chi connectivity index (χ0n) is 11.3. The van der Waals surface area contributed by atoms with Gasteiger partial charge in [-0.1, -0.05) is 11.6 Å². The summed E-state index contributed by atoms with van der Waals surface area (Å²) in [5, 5.41) is 11.3. The molecule has 1 saturated heterocycles. The number of carbonyl (C=O) groups excluding carboxylic acids is 3. The molecule has 8 heteroatoms. The van der Waals surface area contributed by atoms with Gasteiger partial charge in [-0.05, 0) is 24.1 Å². The molecule has 2 aliphatic rings. The average molecular weight is 323 g/mol. The lowest BCUT2D eigenvalue weighted by Gasteiger charge is -2.29. The minimum absolute atomic E-state index is 0.0123. The monoisotopic (exact) mass is 322 g/mol. The molecule has 1 unspecified atom stereocenters. The molecule has 2 heterocycles. The number of fused-ring (bicyclic) bond motifs is 1. The second kappa shape index (κ2) is 5.10. The van der Waals surface area contributed by atoms with Crippen molar-refractivity contribution in [3.8, 4) is 0 Å². The molecule has 3 amide bonds. The third-order valence-electron chi connectivity index (χ3n) is 3.82. The number of halogens is 1.